The molecule has 0 bridgehead atoms. The zero-order valence-electron chi connectivity index (χ0n) is 22.7. The summed E-state index contributed by atoms with van der Waals surface area (Å²) in [5.74, 6) is -0.458. The molecule has 0 saturated heterocycles. The molecule has 0 fully saturated rings. The fourth-order valence-electron chi connectivity index (χ4n) is 4.36. The fourth-order valence-corrected chi connectivity index (χ4v) is 4.55. The number of aromatic nitrogens is 1. The summed E-state index contributed by atoms with van der Waals surface area (Å²) in [5, 5.41) is 0.665. The maximum Gasteiger partial charge on any atom is 0.416 e. The Morgan fingerprint density at radius 2 is 1.49 bits per heavy atom. The van der Waals surface area contributed by atoms with E-state index in [1.54, 1.807) is 4.90 Å². The number of rotatable bonds is 11. The first-order chi connectivity index (χ1) is 18.3. The van der Waals surface area contributed by atoms with Gasteiger partial charge in [0.1, 0.15) is 6.54 Å². The molecule has 39 heavy (non-hydrogen) atoms. The number of amides is 2. The zero-order valence-corrected chi connectivity index (χ0v) is 23.5. The van der Waals surface area contributed by atoms with Gasteiger partial charge in [0, 0.05) is 42.1 Å². The molecule has 5 nitrogen and oxygen atoms in total. The first-order valence-electron chi connectivity index (χ1n) is 13.0. The highest BCUT2D eigenvalue weighted by Gasteiger charge is 2.31. The van der Waals surface area contributed by atoms with E-state index in [1.165, 1.54) is 4.90 Å². The average Bonchev–Trinajstić information content (AvgIpc) is 3.29. The van der Waals surface area contributed by atoms with Gasteiger partial charge in [0.25, 0.3) is 5.91 Å². The lowest BCUT2D eigenvalue weighted by Gasteiger charge is -2.30. The second-order valence-electron chi connectivity index (χ2n) is 10.5. The van der Waals surface area contributed by atoms with E-state index in [0.29, 0.717) is 31.2 Å². The van der Waals surface area contributed by atoms with Gasteiger partial charge in [-0.2, -0.15) is 13.2 Å². The number of carbonyl (C=O) groups excluding carboxylic acids is 2. The first-order valence-corrected chi connectivity index (χ1v) is 13.3. The standard InChI is InChI=1S/C30H35ClF3N3O2/c1-21(2)16-36(19-26-9-7-15-35(26)18-24-8-5-6-10-27(24)31)28(38)20-37(17-22(3)4)29(39)23-11-13-25(14-12-23)30(32,33)34/h5-15,21-22H,16-20H2,1-4H3. The molecule has 0 unspecified atom stereocenters. The van der Waals surface area contributed by atoms with Gasteiger partial charge in [0.2, 0.25) is 5.91 Å². The molecule has 0 N–H and O–H groups in total. The van der Waals surface area contributed by atoms with Gasteiger partial charge < -0.3 is 14.4 Å². The van der Waals surface area contributed by atoms with Gasteiger partial charge in [-0.1, -0.05) is 57.5 Å². The van der Waals surface area contributed by atoms with E-state index >= 15 is 0 Å². The number of benzene rings is 2. The van der Waals surface area contributed by atoms with Crippen molar-refractivity contribution in [1.82, 2.24) is 14.4 Å². The molecule has 0 radical (unpaired) electrons. The van der Waals surface area contributed by atoms with Crippen LogP contribution in [0.25, 0.3) is 0 Å². The molecule has 210 valence electrons. The van der Waals surface area contributed by atoms with Crippen molar-refractivity contribution in [2.75, 3.05) is 19.6 Å². The van der Waals surface area contributed by atoms with Crippen LogP contribution < -0.4 is 0 Å². The highest BCUT2D eigenvalue weighted by molar-refractivity contribution is 6.31. The molecule has 0 saturated carbocycles. The smallest absolute Gasteiger partial charge is 0.345 e. The zero-order chi connectivity index (χ0) is 28.7. The van der Waals surface area contributed by atoms with Crippen molar-refractivity contribution in [2.45, 2.75) is 47.0 Å². The van der Waals surface area contributed by atoms with Crippen LogP contribution in [0.15, 0.2) is 66.9 Å². The lowest BCUT2D eigenvalue weighted by atomic mass is 10.1. The largest absolute Gasteiger partial charge is 0.416 e. The summed E-state index contributed by atoms with van der Waals surface area (Å²) < 4.78 is 41.0. The highest BCUT2D eigenvalue weighted by Crippen LogP contribution is 2.29. The van der Waals surface area contributed by atoms with Crippen molar-refractivity contribution in [3.05, 3.63) is 94.3 Å². The van der Waals surface area contributed by atoms with Crippen LogP contribution in [-0.2, 0) is 24.1 Å². The lowest BCUT2D eigenvalue weighted by Crippen LogP contribution is -2.45. The molecule has 0 spiro atoms. The minimum Gasteiger partial charge on any atom is -0.345 e. The van der Waals surface area contributed by atoms with Gasteiger partial charge in [-0.25, -0.2) is 0 Å². The van der Waals surface area contributed by atoms with E-state index in [9.17, 15) is 22.8 Å². The molecule has 1 heterocycles. The Morgan fingerprint density at radius 1 is 0.872 bits per heavy atom. The highest BCUT2D eigenvalue weighted by atomic mass is 35.5. The Balaban J connectivity index is 1.80. The van der Waals surface area contributed by atoms with Gasteiger partial charge in [-0.15, -0.1) is 0 Å². The number of alkyl halides is 3. The van der Waals surface area contributed by atoms with Crippen LogP contribution in [0, 0.1) is 11.8 Å². The van der Waals surface area contributed by atoms with E-state index in [-0.39, 0.29) is 29.9 Å². The molecule has 0 aliphatic carbocycles. The molecule has 0 aliphatic rings. The Labute approximate surface area is 233 Å². The number of hydrogen-bond donors (Lipinski definition) is 0. The monoisotopic (exact) mass is 561 g/mol. The summed E-state index contributed by atoms with van der Waals surface area (Å²) in [6.45, 7) is 9.39. The number of halogens is 4. The topological polar surface area (TPSA) is 45.6 Å². The molecule has 3 aromatic rings. The number of hydrogen-bond acceptors (Lipinski definition) is 2. The van der Waals surface area contributed by atoms with Crippen molar-refractivity contribution in [3.8, 4) is 0 Å². The molecule has 2 aromatic carbocycles. The summed E-state index contributed by atoms with van der Waals surface area (Å²) in [6.07, 6.45) is -2.55. The molecule has 2 amide bonds. The Kier molecular flexibility index (Phi) is 10.2. The van der Waals surface area contributed by atoms with Crippen LogP contribution in [0.4, 0.5) is 13.2 Å². The predicted molar refractivity (Wildman–Crippen MR) is 147 cm³/mol. The van der Waals surface area contributed by atoms with E-state index in [4.69, 9.17) is 11.6 Å². The van der Waals surface area contributed by atoms with Gasteiger partial charge in [0.05, 0.1) is 12.1 Å². The minimum absolute atomic E-state index is 0.0580. The minimum atomic E-state index is -4.49. The summed E-state index contributed by atoms with van der Waals surface area (Å²) in [5.41, 5.74) is 1.17. The molecule has 3 rings (SSSR count). The van der Waals surface area contributed by atoms with Gasteiger partial charge in [-0.3, -0.25) is 9.59 Å². The molecule has 1 aromatic heterocycles. The second kappa shape index (κ2) is 13.2. The average molecular weight is 562 g/mol. The first kappa shape index (κ1) is 30.3. The van der Waals surface area contributed by atoms with Crippen molar-refractivity contribution in [3.63, 3.8) is 0 Å². The Morgan fingerprint density at radius 3 is 2.08 bits per heavy atom. The van der Waals surface area contributed by atoms with Gasteiger partial charge in [-0.05, 0) is 59.9 Å². The van der Waals surface area contributed by atoms with Crippen molar-refractivity contribution < 1.29 is 22.8 Å². The third-order valence-corrected chi connectivity index (χ3v) is 6.54. The van der Waals surface area contributed by atoms with E-state index in [2.05, 4.69) is 0 Å². The molecule has 0 atom stereocenters. The van der Waals surface area contributed by atoms with Crippen LogP contribution >= 0.6 is 11.6 Å². The molecular formula is C30H35ClF3N3O2. The van der Waals surface area contributed by atoms with Crippen molar-refractivity contribution in [2.24, 2.45) is 11.8 Å². The third-order valence-electron chi connectivity index (χ3n) is 6.17. The van der Waals surface area contributed by atoms with Gasteiger partial charge >= 0.3 is 6.18 Å². The van der Waals surface area contributed by atoms with Crippen LogP contribution in [-0.4, -0.2) is 45.8 Å². The summed E-state index contributed by atoms with van der Waals surface area (Å²) in [4.78, 5) is 30.0. The quantitative estimate of drug-likeness (QED) is 0.253. The van der Waals surface area contributed by atoms with Gasteiger partial charge in [0.15, 0.2) is 0 Å². The summed E-state index contributed by atoms with van der Waals surface area (Å²) in [7, 11) is 0. The van der Waals surface area contributed by atoms with E-state index in [0.717, 1.165) is 35.5 Å². The lowest BCUT2D eigenvalue weighted by molar-refractivity contribution is -0.137. The van der Waals surface area contributed by atoms with E-state index < -0.39 is 17.6 Å². The molecule has 0 aliphatic heterocycles. The normalized spacial score (nSPS) is 11.7. The third kappa shape index (κ3) is 8.62. The Bertz CT molecular complexity index is 1250. The van der Waals surface area contributed by atoms with Crippen molar-refractivity contribution in [1.29, 1.82) is 0 Å². The number of nitrogens with zero attached hydrogens (tertiary/aromatic N) is 3. The van der Waals surface area contributed by atoms with Crippen molar-refractivity contribution >= 4 is 23.4 Å². The SMILES string of the molecule is CC(C)CN(Cc1cccn1Cc1ccccc1Cl)C(=O)CN(CC(C)C)C(=O)c1ccc(C(F)(F)F)cc1. The van der Waals surface area contributed by atoms with Crippen LogP contribution in [0.5, 0.6) is 0 Å². The van der Waals surface area contributed by atoms with Crippen LogP contribution in [0.2, 0.25) is 5.02 Å². The number of carbonyl (C=O) groups is 2. The van der Waals surface area contributed by atoms with E-state index in [1.807, 2.05) is 74.9 Å². The fraction of sp³-hybridized carbons (Fsp3) is 0.400. The molecular weight excluding hydrogens is 527 g/mol. The maximum absolute atomic E-state index is 13.6. The van der Waals surface area contributed by atoms with Crippen LogP contribution in [0.1, 0.15) is 54.9 Å². The predicted octanol–water partition coefficient (Wildman–Crippen LogP) is 6.99. The summed E-state index contributed by atoms with van der Waals surface area (Å²) >= 11 is 6.36. The Hall–Kier alpha value is -3.26. The molecule has 9 heteroatoms. The maximum atomic E-state index is 13.6. The second-order valence-corrected chi connectivity index (χ2v) is 10.9. The van der Waals surface area contributed by atoms with Crippen LogP contribution in [0.3, 0.4) is 0 Å². The summed E-state index contributed by atoms with van der Waals surface area (Å²) in [6, 6.07) is 15.6.